The van der Waals surface area contributed by atoms with E-state index >= 15 is 0 Å². The molecule has 2 aromatic heterocycles. The zero-order valence-corrected chi connectivity index (χ0v) is 13.1. The molecular weight excluding hydrogens is 306 g/mol. The van der Waals surface area contributed by atoms with E-state index in [9.17, 15) is 9.59 Å². The number of carbonyl (C=O) groups is 2. The highest BCUT2D eigenvalue weighted by atomic mass is 32.1. The van der Waals surface area contributed by atoms with Gasteiger partial charge in [-0.25, -0.2) is 4.98 Å². The number of hydrogen-bond acceptors (Lipinski definition) is 5. The van der Waals surface area contributed by atoms with Crippen molar-refractivity contribution in [1.82, 2.24) is 9.88 Å². The third-order valence-corrected chi connectivity index (χ3v) is 5.33. The van der Waals surface area contributed by atoms with E-state index in [1.807, 2.05) is 22.9 Å². The minimum Gasteiger partial charge on any atom is -0.337 e. The summed E-state index contributed by atoms with van der Waals surface area (Å²) in [6.07, 6.45) is 2.64. The van der Waals surface area contributed by atoms with E-state index in [-0.39, 0.29) is 23.8 Å². The number of rotatable bonds is 3. The molecule has 110 valence electrons. The van der Waals surface area contributed by atoms with Crippen molar-refractivity contribution in [3.8, 4) is 0 Å². The number of thiophene rings is 1. The van der Waals surface area contributed by atoms with Crippen LogP contribution in [0.1, 0.15) is 23.8 Å². The number of anilines is 1. The molecule has 0 radical (unpaired) electrons. The Morgan fingerprint density at radius 3 is 2.95 bits per heavy atom. The van der Waals surface area contributed by atoms with Crippen LogP contribution in [0.5, 0.6) is 0 Å². The minimum absolute atomic E-state index is 0.0669. The number of aromatic nitrogens is 1. The van der Waals surface area contributed by atoms with Crippen LogP contribution in [0, 0.1) is 5.92 Å². The van der Waals surface area contributed by atoms with Crippen molar-refractivity contribution in [2.24, 2.45) is 5.92 Å². The van der Waals surface area contributed by atoms with Gasteiger partial charge in [0.15, 0.2) is 5.13 Å². The lowest BCUT2D eigenvalue weighted by molar-refractivity contribution is -0.140. The lowest BCUT2D eigenvalue weighted by atomic mass is 9.87. The van der Waals surface area contributed by atoms with Gasteiger partial charge in [0.2, 0.25) is 11.8 Å². The summed E-state index contributed by atoms with van der Waals surface area (Å²) >= 11 is 2.97. The van der Waals surface area contributed by atoms with Crippen LogP contribution in [0.4, 0.5) is 5.13 Å². The van der Waals surface area contributed by atoms with E-state index in [2.05, 4.69) is 10.3 Å². The van der Waals surface area contributed by atoms with Crippen molar-refractivity contribution < 1.29 is 9.59 Å². The zero-order chi connectivity index (χ0) is 14.8. The summed E-state index contributed by atoms with van der Waals surface area (Å²) in [5.41, 5.74) is 0. The maximum absolute atomic E-state index is 12.5. The standard InChI is InChI=1S/C14H15N3O2S2/c1-17-11(18)5-4-9(12(17)10-3-2-7-20-10)13(19)16-14-15-6-8-21-14/h2-3,6-9,12H,4-5H2,1H3,(H,15,16,19)/t9-,12-/m1/s1. The van der Waals surface area contributed by atoms with Crippen LogP contribution in [0.2, 0.25) is 0 Å². The number of nitrogens with one attached hydrogen (secondary N) is 1. The van der Waals surface area contributed by atoms with Gasteiger partial charge in [0.25, 0.3) is 0 Å². The Hall–Kier alpha value is -1.73. The maximum atomic E-state index is 12.5. The minimum atomic E-state index is -0.241. The summed E-state index contributed by atoms with van der Waals surface area (Å²) in [7, 11) is 1.77. The highest BCUT2D eigenvalue weighted by Gasteiger charge is 2.39. The fourth-order valence-corrected chi connectivity index (χ4v) is 4.11. The molecule has 1 aliphatic rings. The number of likely N-dealkylation sites (tertiary alicyclic amines) is 1. The van der Waals surface area contributed by atoms with Gasteiger partial charge in [-0.15, -0.1) is 22.7 Å². The molecule has 0 spiro atoms. The Labute approximate surface area is 130 Å². The van der Waals surface area contributed by atoms with E-state index in [1.165, 1.54) is 11.3 Å². The van der Waals surface area contributed by atoms with Crippen molar-refractivity contribution in [3.63, 3.8) is 0 Å². The Balaban J connectivity index is 1.84. The second kappa shape index (κ2) is 5.95. The molecule has 0 aliphatic carbocycles. The van der Waals surface area contributed by atoms with Gasteiger partial charge < -0.3 is 10.2 Å². The highest BCUT2D eigenvalue weighted by molar-refractivity contribution is 7.13. The molecule has 3 rings (SSSR count). The van der Waals surface area contributed by atoms with Crippen LogP contribution in [-0.2, 0) is 9.59 Å². The van der Waals surface area contributed by atoms with E-state index in [4.69, 9.17) is 0 Å². The molecule has 21 heavy (non-hydrogen) atoms. The number of thiazole rings is 1. The summed E-state index contributed by atoms with van der Waals surface area (Å²) in [4.78, 5) is 31.3. The summed E-state index contributed by atoms with van der Waals surface area (Å²) in [5, 5.41) is 7.25. The molecule has 0 unspecified atom stereocenters. The molecule has 2 amide bonds. The Morgan fingerprint density at radius 2 is 2.29 bits per heavy atom. The van der Waals surface area contributed by atoms with Crippen LogP contribution in [0.15, 0.2) is 29.1 Å². The molecule has 0 bridgehead atoms. The van der Waals surface area contributed by atoms with E-state index in [0.29, 0.717) is 18.0 Å². The fraction of sp³-hybridized carbons (Fsp3) is 0.357. The topological polar surface area (TPSA) is 62.3 Å². The van der Waals surface area contributed by atoms with Crippen molar-refractivity contribution in [1.29, 1.82) is 0 Å². The molecule has 2 atom stereocenters. The van der Waals surface area contributed by atoms with Crippen molar-refractivity contribution in [2.75, 3.05) is 12.4 Å². The first kappa shape index (κ1) is 14.2. The van der Waals surface area contributed by atoms with Gasteiger partial charge in [-0.3, -0.25) is 9.59 Å². The SMILES string of the molecule is CN1C(=O)CC[C@@H](C(=O)Nc2nccs2)[C@@H]1c1cccs1. The van der Waals surface area contributed by atoms with Crippen LogP contribution in [0.25, 0.3) is 0 Å². The first-order valence-corrected chi connectivity index (χ1v) is 8.42. The predicted molar refractivity (Wildman–Crippen MR) is 83.3 cm³/mol. The molecule has 0 saturated carbocycles. The molecule has 1 aliphatic heterocycles. The lowest BCUT2D eigenvalue weighted by Gasteiger charge is -2.37. The molecule has 1 saturated heterocycles. The molecule has 2 aromatic rings. The van der Waals surface area contributed by atoms with Gasteiger partial charge in [-0.1, -0.05) is 6.07 Å². The summed E-state index contributed by atoms with van der Waals surface area (Å²) in [6, 6.07) is 3.74. The lowest BCUT2D eigenvalue weighted by Crippen LogP contribution is -2.44. The van der Waals surface area contributed by atoms with E-state index in [1.54, 1.807) is 29.5 Å². The summed E-state index contributed by atoms with van der Waals surface area (Å²) in [6.45, 7) is 0. The maximum Gasteiger partial charge on any atom is 0.231 e. The van der Waals surface area contributed by atoms with Gasteiger partial charge in [0, 0.05) is 29.9 Å². The summed E-state index contributed by atoms with van der Waals surface area (Å²) in [5.74, 6) is -0.218. The third kappa shape index (κ3) is 2.84. The Bertz CT molecular complexity index is 625. The number of piperidine rings is 1. The van der Waals surface area contributed by atoms with Crippen LogP contribution in [0.3, 0.4) is 0 Å². The quantitative estimate of drug-likeness (QED) is 0.945. The number of nitrogens with zero attached hydrogens (tertiary/aromatic N) is 2. The highest BCUT2D eigenvalue weighted by Crippen LogP contribution is 2.38. The van der Waals surface area contributed by atoms with Crippen molar-refractivity contribution in [3.05, 3.63) is 34.0 Å². The Morgan fingerprint density at radius 1 is 1.43 bits per heavy atom. The first-order valence-electron chi connectivity index (χ1n) is 6.66. The molecular formula is C14H15N3O2S2. The Kier molecular flexibility index (Phi) is 4.03. The van der Waals surface area contributed by atoms with Gasteiger partial charge in [-0.2, -0.15) is 0 Å². The van der Waals surface area contributed by atoms with E-state index < -0.39 is 0 Å². The second-order valence-corrected chi connectivity index (χ2v) is 6.81. The van der Waals surface area contributed by atoms with Crippen LogP contribution >= 0.6 is 22.7 Å². The normalized spacial score (nSPS) is 22.3. The first-order chi connectivity index (χ1) is 10.2. The van der Waals surface area contributed by atoms with Crippen LogP contribution < -0.4 is 5.32 Å². The second-order valence-electron chi connectivity index (χ2n) is 4.94. The predicted octanol–water partition coefficient (Wildman–Crippen LogP) is 2.75. The monoisotopic (exact) mass is 321 g/mol. The largest absolute Gasteiger partial charge is 0.337 e. The third-order valence-electron chi connectivity index (χ3n) is 3.69. The molecule has 1 fully saturated rings. The van der Waals surface area contributed by atoms with Gasteiger partial charge in [0.1, 0.15) is 0 Å². The molecule has 7 heteroatoms. The van der Waals surface area contributed by atoms with Gasteiger partial charge in [0.05, 0.1) is 12.0 Å². The van der Waals surface area contributed by atoms with Crippen molar-refractivity contribution in [2.45, 2.75) is 18.9 Å². The smallest absolute Gasteiger partial charge is 0.231 e. The fourth-order valence-electron chi connectivity index (χ4n) is 2.64. The van der Waals surface area contributed by atoms with E-state index in [0.717, 1.165) is 4.88 Å². The van der Waals surface area contributed by atoms with Gasteiger partial charge in [-0.05, 0) is 17.9 Å². The molecule has 0 aromatic carbocycles. The molecule has 5 nitrogen and oxygen atoms in total. The molecule has 3 heterocycles. The van der Waals surface area contributed by atoms with Crippen LogP contribution in [-0.4, -0.2) is 28.7 Å². The summed E-state index contributed by atoms with van der Waals surface area (Å²) < 4.78 is 0. The number of carbonyl (C=O) groups excluding carboxylic acids is 2. The average Bonchev–Trinajstić information content (AvgIpc) is 3.14. The average molecular weight is 321 g/mol. The zero-order valence-electron chi connectivity index (χ0n) is 11.5. The van der Waals surface area contributed by atoms with Gasteiger partial charge >= 0.3 is 0 Å². The number of amides is 2. The molecule has 1 N–H and O–H groups in total. The van der Waals surface area contributed by atoms with Crippen molar-refractivity contribution >= 4 is 39.6 Å². The number of hydrogen-bond donors (Lipinski definition) is 1.